The highest BCUT2D eigenvalue weighted by Crippen LogP contribution is 2.32. The highest BCUT2D eigenvalue weighted by Gasteiger charge is 2.33. The van der Waals surface area contributed by atoms with E-state index in [4.69, 9.17) is 0 Å². The van der Waals surface area contributed by atoms with Crippen LogP contribution in [0.5, 0.6) is 0 Å². The Morgan fingerprint density at radius 3 is 2.56 bits per heavy atom. The summed E-state index contributed by atoms with van der Waals surface area (Å²) in [5.41, 5.74) is 2.86. The fraction of sp³-hybridized carbons (Fsp3) is 0.500. The van der Waals surface area contributed by atoms with Gasteiger partial charge in [-0.1, -0.05) is 12.1 Å². The van der Waals surface area contributed by atoms with E-state index in [1.807, 2.05) is 19.2 Å². The number of pyridine rings is 1. The average Bonchev–Trinajstić information content (AvgIpc) is 2.74. The number of fused-ring (bicyclic) bond motifs is 1. The van der Waals surface area contributed by atoms with Crippen LogP contribution in [0.4, 0.5) is 24.5 Å². The third-order valence-corrected chi connectivity index (χ3v) is 6.36. The summed E-state index contributed by atoms with van der Waals surface area (Å²) in [5.74, 6) is -0.0495. The molecule has 0 bridgehead atoms. The van der Waals surface area contributed by atoms with Crippen LogP contribution in [0.25, 0.3) is 0 Å². The van der Waals surface area contributed by atoms with Crippen LogP contribution in [0.15, 0.2) is 30.3 Å². The number of carbonyl (C=O) groups is 1. The Balaban J connectivity index is 1.35. The third kappa shape index (κ3) is 5.00. The van der Waals surface area contributed by atoms with Crippen molar-refractivity contribution in [3.8, 4) is 0 Å². The Kier molecular flexibility index (Phi) is 6.31. The van der Waals surface area contributed by atoms with E-state index in [0.29, 0.717) is 11.4 Å². The Morgan fingerprint density at radius 1 is 1.12 bits per heavy atom. The molecule has 2 heterocycles. The fourth-order valence-electron chi connectivity index (χ4n) is 4.82. The summed E-state index contributed by atoms with van der Waals surface area (Å²) in [7, 11) is 2.02. The largest absolute Gasteiger partial charge is 0.433 e. The average molecular weight is 447 g/mol. The number of hydrogen-bond donors (Lipinski definition) is 2. The Morgan fingerprint density at radius 2 is 1.84 bits per heavy atom. The van der Waals surface area contributed by atoms with E-state index in [0.717, 1.165) is 62.4 Å². The van der Waals surface area contributed by atoms with Crippen LogP contribution in [0.2, 0.25) is 0 Å². The molecule has 1 saturated carbocycles. The number of aryl methyl sites for hydroxylation is 2. The van der Waals surface area contributed by atoms with E-state index in [9.17, 15) is 18.0 Å². The van der Waals surface area contributed by atoms with Crippen molar-refractivity contribution in [1.82, 2.24) is 10.3 Å². The van der Waals surface area contributed by atoms with Crippen LogP contribution in [0.3, 0.4) is 0 Å². The molecule has 1 aromatic heterocycles. The second-order valence-corrected chi connectivity index (χ2v) is 8.88. The number of halogens is 3. The molecule has 1 aliphatic heterocycles. The lowest BCUT2D eigenvalue weighted by Crippen LogP contribution is -2.41. The van der Waals surface area contributed by atoms with Crippen molar-refractivity contribution in [3.63, 3.8) is 0 Å². The molecule has 1 amide bonds. The maximum absolute atomic E-state index is 13.0. The van der Waals surface area contributed by atoms with E-state index < -0.39 is 11.9 Å². The summed E-state index contributed by atoms with van der Waals surface area (Å²) in [5, 5.41) is 6.40. The van der Waals surface area contributed by atoms with Gasteiger partial charge >= 0.3 is 6.18 Å². The van der Waals surface area contributed by atoms with Crippen LogP contribution in [0.1, 0.15) is 59.4 Å². The number of carbonyl (C=O) groups excluding carboxylic acids is 1. The lowest BCUT2D eigenvalue weighted by molar-refractivity contribution is -0.141. The van der Waals surface area contributed by atoms with Crippen molar-refractivity contribution in [2.75, 3.05) is 23.8 Å². The number of aromatic nitrogens is 1. The number of para-hydroxylation sites is 1. The summed E-state index contributed by atoms with van der Waals surface area (Å²) in [6.45, 7) is 2.51. The molecule has 172 valence electrons. The first kappa shape index (κ1) is 22.4. The number of hydrogen-bond acceptors (Lipinski definition) is 4. The lowest BCUT2D eigenvalue weighted by Gasteiger charge is -2.32. The second-order valence-electron chi connectivity index (χ2n) is 8.88. The van der Waals surface area contributed by atoms with Crippen molar-refractivity contribution in [2.24, 2.45) is 0 Å². The number of rotatable bonds is 4. The quantitative estimate of drug-likeness (QED) is 0.698. The molecule has 2 aliphatic rings. The van der Waals surface area contributed by atoms with Gasteiger partial charge in [0.25, 0.3) is 5.91 Å². The van der Waals surface area contributed by atoms with Gasteiger partial charge in [-0.3, -0.25) is 4.79 Å². The first-order valence-corrected chi connectivity index (χ1v) is 11.2. The Labute approximate surface area is 186 Å². The molecule has 32 heavy (non-hydrogen) atoms. The molecule has 1 fully saturated rings. The molecule has 1 aromatic carbocycles. The minimum absolute atomic E-state index is 0.0495. The zero-order valence-corrected chi connectivity index (χ0v) is 18.4. The van der Waals surface area contributed by atoms with Crippen LogP contribution in [-0.4, -0.2) is 36.6 Å². The fourth-order valence-corrected chi connectivity index (χ4v) is 4.82. The second kappa shape index (κ2) is 9.00. The van der Waals surface area contributed by atoms with E-state index in [1.165, 1.54) is 5.56 Å². The highest BCUT2D eigenvalue weighted by molar-refractivity contribution is 6.00. The van der Waals surface area contributed by atoms with E-state index in [2.05, 4.69) is 26.6 Å². The first-order valence-electron chi connectivity index (χ1n) is 11.2. The van der Waals surface area contributed by atoms with Gasteiger partial charge in [0.05, 0.1) is 11.3 Å². The molecule has 4 rings (SSSR count). The molecule has 0 unspecified atom stereocenters. The molecule has 0 saturated heterocycles. The molecule has 1 aliphatic carbocycles. The number of nitrogens with one attached hydrogen (secondary N) is 2. The van der Waals surface area contributed by atoms with Crippen LogP contribution in [0, 0.1) is 6.92 Å². The molecule has 2 N–H and O–H groups in total. The summed E-state index contributed by atoms with van der Waals surface area (Å²) in [6, 6.07) is 8.75. The van der Waals surface area contributed by atoms with Crippen molar-refractivity contribution >= 4 is 17.3 Å². The lowest BCUT2D eigenvalue weighted by atomic mass is 9.90. The van der Waals surface area contributed by atoms with Gasteiger partial charge in [0, 0.05) is 37.1 Å². The summed E-state index contributed by atoms with van der Waals surface area (Å²) >= 11 is 0. The van der Waals surface area contributed by atoms with Crippen LogP contribution >= 0.6 is 0 Å². The van der Waals surface area contributed by atoms with Gasteiger partial charge < -0.3 is 15.5 Å². The molecule has 2 aromatic rings. The molecule has 8 heteroatoms. The van der Waals surface area contributed by atoms with E-state index >= 15 is 0 Å². The number of alkyl halides is 3. The van der Waals surface area contributed by atoms with Gasteiger partial charge in [-0.25, -0.2) is 4.98 Å². The first-order chi connectivity index (χ1) is 15.2. The zero-order chi connectivity index (χ0) is 22.9. The standard InChI is InChI=1S/C24H29F3N4O/c1-15-13-19(14-21(28-15)24(25,26)27)29-17-8-10-18(11-9-17)30-23(32)20-7-3-5-16-6-4-12-31(2)22(16)20/h3,5,7,13-14,17-18H,4,6,8-12H2,1-2H3,(H,28,29)(H,30,32). The smallest absolute Gasteiger partial charge is 0.382 e. The van der Waals surface area contributed by atoms with Gasteiger partial charge in [-0.05, 0) is 69.2 Å². The van der Waals surface area contributed by atoms with Crippen molar-refractivity contribution < 1.29 is 18.0 Å². The normalized spacial score (nSPS) is 21.1. The maximum atomic E-state index is 13.0. The van der Waals surface area contributed by atoms with Gasteiger partial charge in [-0.2, -0.15) is 13.2 Å². The Hall–Kier alpha value is -2.77. The van der Waals surface area contributed by atoms with Crippen LogP contribution in [-0.2, 0) is 12.6 Å². The third-order valence-electron chi connectivity index (χ3n) is 6.36. The van der Waals surface area contributed by atoms with E-state index in [1.54, 1.807) is 13.0 Å². The van der Waals surface area contributed by atoms with Crippen molar-refractivity contribution in [3.05, 3.63) is 52.8 Å². The minimum Gasteiger partial charge on any atom is -0.382 e. The number of amides is 1. The van der Waals surface area contributed by atoms with Crippen molar-refractivity contribution in [2.45, 2.75) is 63.7 Å². The molecule has 0 atom stereocenters. The number of benzene rings is 1. The highest BCUT2D eigenvalue weighted by atomic mass is 19.4. The van der Waals surface area contributed by atoms with Gasteiger partial charge in [0.15, 0.2) is 0 Å². The van der Waals surface area contributed by atoms with Gasteiger partial charge in [-0.15, -0.1) is 0 Å². The molecular weight excluding hydrogens is 417 g/mol. The monoisotopic (exact) mass is 446 g/mol. The molecule has 5 nitrogen and oxygen atoms in total. The summed E-state index contributed by atoms with van der Waals surface area (Å²) < 4.78 is 39.1. The Bertz CT molecular complexity index is 984. The van der Waals surface area contributed by atoms with Crippen LogP contribution < -0.4 is 15.5 Å². The van der Waals surface area contributed by atoms with Gasteiger partial charge in [0.1, 0.15) is 5.69 Å². The van der Waals surface area contributed by atoms with Crippen molar-refractivity contribution in [1.29, 1.82) is 0 Å². The van der Waals surface area contributed by atoms with E-state index in [-0.39, 0.29) is 18.0 Å². The summed E-state index contributed by atoms with van der Waals surface area (Å²) in [6.07, 6.45) is 0.736. The van der Waals surface area contributed by atoms with Gasteiger partial charge in [0.2, 0.25) is 0 Å². The molecular formula is C24H29F3N4O. The molecule has 0 spiro atoms. The SMILES string of the molecule is Cc1cc(NC2CCC(NC(=O)c3cccc4c3N(C)CCC4)CC2)cc(C(F)(F)F)n1. The zero-order valence-electron chi connectivity index (χ0n) is 18.4. The number of nitrogens with zero attached hydrogens (tertiary/aromatic N) is 2. The predicted molar refractivity (Wildman–Crippen MR) is 119 cm³/mol. The molecule has 0 radical (unpaired) electrons. The predicted octanol–water partition coefficient (Wildman–Crippen LogP) is 4.94. The topological polar surface area (TPSA) is 57.3 Å². The summed E-state index contributed by atoms with van der Waals surface area (Å²) in [4.78, 5) is 18.7. The minimum atomic E-state index is -4.46. The maximum Gasteiger partial charge on any atom is 0.433 e. The number of anilines is 2.